The van der Waals surface area contributed by atoms with Crippen molar-refractivity contribution < 1.29 is 8.94 Å². The second kappa shape index (κ2) is 6.34. The van der Waals surface area contributed by atoms with Gasteiger partial charge >= 0.3 is 0 Å². The van der Waals surface area contributed by atoms with E-state index in [4.69, 9.17) is 0 Å². The molecule has 0 spiro atoms. The summed E-state index contributed by atoms with van der Waals surface area (Å²) in [6.07, 6.45) is 1.64. The summed E-state index contributed by atoms with van der Waals surface area (Å²) in [5.41, 5.74) is 3.20. The van der Waals surface area contributed by atoms with Gasteiger partial charge in [0.25, 0.3) is 0 Å². The van der Waals surface area contributed by atoms with Crippen molar-refractivity contribution in [2.45, 2.75) is 5.75 Å². The largest absolute Gasteiger partial charge is 0.616 e. The van der Waals surface area contributed by atoms with E-state index >= 15 is 0 Å². The average molecular weight is 314 g/mol. The lowest BCUT2D eigenvalue weighted by molar-refractivity contribution is 0.599. The molecule has 1 heterocycles. The van der Waals surface area contributed by atoms with E-state index in [0.717, 1.165) is 17.0 Å². The van der Waals surface area contributed by atoms with Gasteiger partial charge in [-0.15, -0.1) is 0 Å². The number of hydrogen-bond donors (Lipinski definition) is 1. The van der Waals surface area contributed by atoms with E-state index in [9.17, 15) is 8.94 Å². The first-order valence-corrected chi connectivity index (χ1v) is 8.56. The highest BCUT2D eigenvalue weighted by Gasteiger charge is 2.16. The van der Waals surface area contributed by atoms with E-state index < -0.39 is 11.2 Å². The van der Waals surface area contributed by atoms with E-state index in [2.05, 4.69) is 9.97 Å². The number of halogens is 1. The standard InChI is InChI=1S/C17H15FN2OS/c1-22(21)11-15-16(12-6-3-2-4-7-12)20-17(19-15)13-8-5-9-14(18)10-13/h2-10H,11H2,1H3,(H,19,20). The molecule has 0 saturated carbocycles. The van der Waals surface area contributed by atoms with Gasteiger partial charge in [-0.05, 0) is 12.1 Å². The van der Waals surface area contributed by atoms with Gasteiger partial charge in [-0.3, -0.25) is 0 Å². The van der Waals surface area contributed by atoms with Crippen molar-refractivity contribution in [2.75, 3.05) is 6.26 Å². The number of rotatable bonds is 4. The molecule has 5 heteroatoms. The Morgan fingerprint density at radius 3 is 2.50 bits per heavy atom. The zero-order valence-corrected chi connectivity index (χ0v) is 12.9. The summed E-state index contributed by atoms with van der Waals surface area (Å²) in [7, 11) is 0. The van der Waals surface area contributed by atoms with Gasteiger partial charge in [0.15, 0.2) is 0 Å². The van der Waals surface area contributed by atoms with E-state index in [1.807, 2.05) is 30.3 Å². The van der Waals surface area contributed by atoms with Crippen molar-refractivity contribution in [1.29, 1.82) is 0 Å². The van der Waals surface area contributed by atoms with Crippen LogP contribution in [0.25, 0.3) is 22.6 Å². The Morgan fingerprint density at radius 2 is 1.82 bits per heavy atom. The maximum atomic E-state index is 13.4. The van der Waals surface area contributed by atoms with Crippen molar-refractivity contribution in [3.05, 3.63) is 66.1 Å². The van der Waals surface area contributed by atoms with Crippen molar-refractivity contribution >= 4 is 11.2 Å². The lowest BCUT2D eigenvalue weighted by Gasteiger charge is -2.04. The minimum absolute atomic E-state index is 0.309. The van der Waals surface area contributed by atoms with Crippen LogP contribution in [0.5, 0.6) is 0 Å². The Kier molecular flexibility index (Phi) is 4.27. The lowest BCUT2D eigenvalue weighted by atomic mass is 10.1. The van der Waals surface area contributed by atoms with Gasteiger partial charge in [-0.2, -0.15) is 0 Å². The van der Waals surface area contributed by atoms with Crippen molar-refractivity contribution in [3.63, 3.8) is 0 Å². The molecule has 0 radical (unpaired) electrons. The van der Waals surface area contributed by atoms with Crippen LogP contribution in [0.1, 0.15) is 5.69 Å². The van der Waals surface area contributed by atoms with Gasteiger partial charge in [0.2, 0.25) is 0 Å². The number of nitrogens with zero attached hydrogens (tertiary/aromatic N) is 1. The van der Waals surface area contributed by atoms with Crippen LogP contribution in [-0.2, 0) is 16.9 Å². The molecule has 0 aliphatic rings. The molecule has 0 aliphatic carbocycles. The summed E-state index contributed by atoms with van der Waals surface area (Å²) in [6, 6.07) is 16.0. The molecule has 0 bridgehead atoms. The maximum Gasteiger partial charge on any atom is 0.149 e. The van der Waals surface area contributed by atoms with Crippen LogP contribution in [0.3, 0.4) is 0 Å². The van der Waals surface area contributed by atoms with Gasteiger partial charge in [-0.25, -0.2) is 9.37 Å². The van der Waals surface area contributed by atoms with Gasteiger partial charge < -0.3 is 9.54 Å². The Balaban J connectivity index is 2.09. The molecule has 0 saturated heterocycles. The third kappa shape index (κ3) is 3.21. The SMILES string of the molecule is C[S+]([O-])Cc1nc(-c2cccc(F)c2)[nH]c1-c1ccccc1. The second-order valence-electron chi connectivity index (χ2n) is 5.00. The third-order valence-corrected chi connectivity index (χ3v) is 3.96. The Morgan fingerprint density at radius 1 is 1.09 bits per heavy atom. The molecule has 0 aliphatic heterocycles. The van der Waals surface area contributed by atoms with Crippen LogP contribution in [-0.4, -0.2) is 20.8 Å². The fourth-order valence-electron chi connectivity index (χ4n) is 2.32. The molecule has 22 heavy (non-hydrogen) atoms. The van der Waals surface area contributed by atoms with Crippen LogP contribution in [0.15, 0.2) is 54.6 Å². The van der Waals surface area contributed by atoms with Gasteiger partial charge in [0.05, 0.1) is 11.9 Å². The molecule has 1 atom stereocenters. The summed E-state index contributed by atoms with van der Waals surface area (Å²) < 4.78 is 25.0. The number of hydrogen-bond acceptors (Lipinski definition) is 2. The summed E-state index contributed by atoms with van der Waals surface area (Å²) in [5, 5.41) is 0. The zero-order chi connectivity index (χ0) is 15.5. The fourth-order valence-corrected chi connectivity index (χ4v) is 2.92. The first-order valence-electron chi connectivity index (χ1n) is 6.84. The highest BCUT2D eigenvalue weighted by molar-refractivity contribution is 7.89. The van der Waals surface area contributed by atoms with E-state index in [1.165, 1.54) is 12.1 Å². The maximum absolute atomic E-state index is 13.4. The van der Waals surface area contributed by atoms with Gasteiger partial charge in [0, 0.05) is 11.1 Å². The fraction of sp³-hybridized carbons (Fsp3) is 0.118. The van der Waals surface area contributed by atoms with Crippen LogP contribution in [0, 0.1) is 5.82 Å². The van der Waals surface area contributed by atoms with E-state index in [1.54, 1.807) is 18.4 Å². The summed E-state index contributed by atoms with van der Waals surface area (Å²) >= 11 is -1.00. The average Bonchev–Trinajstić information content (AvgIpc) is 2.91. The summed E-state index contributed by atoms with van der Waals surface area (Å²) in [6.45, 7) is 0. The molecule has 3 rings (SSSR count). The molecular formula is C17H15FN2OS. The number of H-pyrrole nitrogens is 1. The van der Waals surface area contributed by atoms with E-state index in [-0.39, 0.29) is 5.82 Å². The minimum Gasteiger partial charge on any atom is -0.616 e. The summed E-state index contributed by atoms with van der Waals surface area (Å²) in [5.74, 6) is 0.630. The Bertz CT molecular complexity index is 771. The number of benzene rings is 2. The summed E-state index contributed by atoms with van der Waals surface area (Å²) in [4.78, 5) is 7.76. The highest BCUT2D eigenvalue weighted by atomic mass is 32.2. The monoisotopic (exact) mass is 314 g/mol. The van der Waals surface area contributed by atoms with Crippen LogP contribution in [0.4, 0.5) is 4.39 Å². The first kappa shape index (κ1) is 14.8. The molecular weight excluding hydrogens is 299 g/mol. The molecule has 0 fully saturated rings. The van der Waals surface area contributed by atoms with Gasteiger partial charge in [0.1, 0.15) is 23.1 Å². The van der Waals surface area contributed by atoms with Crippen molar-refractivity contribution in [1.82, 2.24) is 9.97 Å². The molecule has 0 amide bonds. The van der Waals surface area contributed by atoms with Crippen molar-refractivity contribution in [2.24, 2.45) is 0 Å². The van der Waals surface area contributed by atoms with Crippen LogP contribution < -0.4 is 0 Å². The minimum atomic E-state index is -1.00. The third-order valence-electron chi connectivity index (χ3n) is 3.28. The molecule has 1 N–H and O–H groups in total. The normalized spacial score (nSPS) is 12.3. The lowest BCUT2D eigenvalue weighted by Crippen LogP contribution is -2.02. The van der Waals surface area contributed by atoms with E-state index in [0.29, 0.717) is 17.1 Å². The molecule has 3 aromatic rings. The predicted octanol–water partition coefficient (Wildman–Crippen LogP) is 3.76. The quantitative estimate of drug-likeness (QED) is 0.745. The molecule has 1 unspecified atom stereocenters. The van der Waals surface area contributed by atoms with Crippen LogP contribution in [0.2, 0.25) is 0 Å². The molecule has 112 valence electrons. The number of imidazole rings is 1. The topological polar surface area (TPSA) is 51.7 Å². The van der Waals surface area contributed by atoms with Crippen LogP contribution >= 0.6 is 0 Å². The first-order chi connectivity index (χ1) is 10.6. The molecule has 3 nitrogen and oxygen atoms in total. The van der Waals surface area contributed by atoms with Crippen molar-refractivity contribution in [3.8, 4) is 22.6 Å². The number of aromatic amines is 1. The van der Waals surface area contributed by atoms with Gasteiger partial charge in [-0.1, -0.05) is 53.6 Å². The molecule has 1 aromatic heterocycles. The number of nitrogens with one attached hydrogen (secondary N) is 1. The highest BCUT2D eigenvalue weighted by Crippen LogP contribution is 2.27. The molecule has 2 aromatic carbocycles. The Labute approximate surface area is 131 Å². The Hall–Kier alpha value is -2.11. The zero-order valence-electron chi connectivity index (χ0n) is 12.0. The second-order valence-corrected chi connectivity index (χ2v) is 6.44. The number of aromatic nitrogens is 2. The predicted molar refractivity (Wildman–Crippen MR) is 87.2 cm³/mol. The smallest absolute Gasteiger partial charge is 0.149 e.